The molecule has 0 spiro atoms. The van der Waals surface area contributed by atoms with Crippen LogP contribution in [-0.2, 0) is 6.54 Å². The van der Waals surface area contributed by atoms with Crippen molar-refractivity contribution < 1.29 is 14.0 Å². The van der Waals surface area contributed by atoms with E-state index >= 15 is 0 Å². The fourth-order valence-corrected chi connectivity index (χ4v) is 5.16. The van der Waals surface area contributed by atoms with E-state index in [0.717, 1.165) is 43.3 Å². The van der Waals surface area contributed by atoms with E-state index in [4.69, 9.17) is 4.74 Å². The standard InChI is InChI=1S/C24H25FN6OS/c1-32-19-10-8-18(9-11-19)23(24-26-27-28-31(24)17-20-5-4-16-33-20)30-14-12-29(13-15-30)22-7-3-2-6-21(22)25/h2-11,16,23H,12-15,17H2,1H3/p+1/t23-/m0/s1. The maximum atomic E-state index is 14.3. The van der Waals surface area contributed by atoms with E-state index in [9.17, 15) is 4.39 Å². The summed E-state index contributed by atoms with van der Waals surface area (Å²) in [5.74, 6) is 1.48. The van der Waals surface area contributed by atoms with E-state index in [1.807, 2.05) is 35.0 Å². The number of hydrogen-bond acceptors (Lipinski definition) is 6. The van der Waals surface area contributed by atoms with Crippen LogP contribution < -0.4 is 14.5 Å². The Hall–Kier alpha value is -3.30. The topological polar surface area (TPSA) is 60.5 Å². The van der Waals surface area contributed by atoms with E-state index in [1.165, 1.54) is 15.8 Å². The first-order valence-electron chi connectivity index (χ1n) is 11.0. The number of anilines is 1. The van der Waals surface area contributed by atoms with Crippen molar-refractivity contribution in [3.05, 3.63) is 88.1 Å². The van der Waals surface area contributed by atoms with Crippen LogP contribution in [0, 0.1) is 5.82 Å². The van der Waals surface area contributed by atoms with Gasteiger partial charge in [-0.05, 0) is 58.3 Å². The molecule has 0 radical (unpaired) electrons. The van der Waals surface area contributed by atoms with Crippen LogP contribution in [0.1, 0.15) is 22.3 Å². The number of ether oxygens (including phenoxy) is 1. The first kappa shape index (κ1) is 21.5. The van der Waals surface area contributed by atoms with Crippen molar-refractivity contribution in [3.63, 3.8) is 0 Å². The fourth-order valence-electron chi connectivity index (χ4n) is 4.48. The van der Waals surface area contributed by atoms with Crippen LogP contribution in [0.25, 0.3) is 0 Å². The lowest BCUT2D eigenvalue weighted by Crippen LogP contribution is -3.15. The van der Waals surface area contributed by atoms with Gasteiger partial charge >= 0.3 is 0 Å². The molecule has 1 aliphatic heterocycles. The van der Waals surface area contributed by atoms with Gasteiger partial charge < -0.3 is 14.5 Å². The van der Waals surface area contributed by atoms with Gasteiger partial charge in [0.25, 0.3) is 0 Å². The number of nitrogens with zero attached hydrogens (tertiary/aromatic N) is 5. The summed E-state index contributed by atoms with van der Waals surface area (Å²) in [6.07, 6.45) is 0. The summed E-state index contributed by atoms with van der Waals surface area (Å²) in [4.78, 5) is 4.69. The largest absolute Gasteiger partial charge is 0.497 e. The van der Waals surface area contributed by atoms with Crippen LogP contribution in [0.15, 0.2) is 66.0 Å². The molecule has 5 rings (SSSR count). The summed E-state index contributed by atoms with van der Waals surface area (Å²) in [5.41, 5.74) is 1.80. The van der Waals surface area contributed by atoms with Crippen molar-refractivity contribution in [2.24, 2.45) is 0 Å². The van der Waals surface area contributed by atoms with Gasteiger partial charge in [0.15, 0.2) is 6.04 Å². The van der Waals surface area contributed by atoms with Gasteiger partial charge in [-0.1, -0.05) is 18.2 Å². The Kier molecular flexibility index (Phi) is 6.32. The lowest BCUT2D eigenvalue weighted by Gasteiger charge is -2.37. The maximum absolute atomic E-state index is 14.3. The van der Waals surface area contributed by atoms with Crippen molar-refractivity contribution >= 4 is 17.0 Å². The number of halogens is 1. The third-order valence-corrected chi connectivity index (χ3v) is 7.02. The van der Waals surface area contributed by atoms with E-state index in [1.54, 1.807) is 24.5 Å². The summed E-state index contributed by atoms with van der Waals surface area (Å²) < 4.78 is 21.6. The molecule has 0 amide bonds. The molecule has 2 aromatic heterocycles. The summed E-state index contributed by atoms with van der Waals surface area (Å²) in [6, 6.07) is 19.2. The Bertz CT molecular complexity index is 1170. The average Bonchev–Trinajstić information content (AvgIpc) is 3.54. The molecule has 7 nitrogen and oxygen atoms in total. The van der Waals surface area contributed by atoms with Gasteiger partial charge in [-0.15, -0.1) is 16.4 Å². The lowest BCUT2D eigenvalue weighted by molar-refractivity contribution is -0.927. The molecule has 0 bridgehead atoms. The van der Waals surface area contributed by atoms with Crippen LogP contribution in [0.2, 0.25) is 0 Å². The zero-order valence-electron chi connectivity index (χ0n) is 18.4. The highest BCUT2D eigenvalue weighted by Crippen LogP contribution is 2.23. The van der Waals surface area contributed by atoms with Gasteiger partial charge in [0.05, 0.1) is 45.5 Å². The first-order valence-corrected chi connectivity index (χ1v) is 11.9. The highest BCUT2D eigenvalue weighted by atomic mass is 32.1. The predicted molar refractivity (Wildman–Crippen MR) is 125 cm³/mol. The molecule has 3 heterocycles. The van der Waals surface area contributed by atoms with E-state index in [-0.39, 0.29) is 11.9 Å². The number of piperazine rings is 1. The average molecular weight is 466 g/mol. The molecular weight excluding hydrogens is 439 g/mol. The molecule has 9 heteroatoms. The quantitative estimate of drug-likeness (QED) is 0.454. The van der Waals surface area contributed by atoms with Crippen molar-refractivity contribution in [2.45, 2.75) is 12.6 Å². The summed E-state index contributed by atoms with van der Waals surface area (Å²) in [6.45, 7) is 3.85. The summed E-state index contributed by atoms with van der Waals surface area (Å²) >= 11 is 1.70. The fraction of sp³-hybridized carbons (Fsp3) is 0.292. The number of methoxy groups -OCH3 is 1. The van der Waals surface area contributed by atoms with Crippen LogP contribution in [-0.4, -0.2) is 53.5 Å². The second kappa shape index (κ2) is 9.68. The molecule has 2 aromatic carbocycles. The van der Waals surface area contributed by atoms with Crippen molar-refractivity contribution in [1.29, 1.82) is 0 Å². The van der Waals surface area contributed by atoms with Crippen molar-refractivity contribution in [3.8, 4) is 5.75 Å². The smallest absolute Gasteiger partial charge is 0.214 e. The third-order valence-electron chi connectivity index (χ3n) is 6.16. The Balaban J connectivity index is 1.43. The molecule has 1 aliphatic rings. The molecule has 1 saturated heterocycles. The number of para-hydroxylation sites is 1. The van der Waals surface area contributed by atoms with E-state index in [0.29, 0.717) is 12.2 Å². The first-order chi connectivity index (χ1) is 16.2. The minimum Gasteiger partial charge on any atom is -0.497 e. The summed E-state index contributed by atoms with van der Waals surface area (Å²) in [5, 5.41) is 14.9. The number of nitrogens with one attached hydrogen (secondary N) is 1. The van der Waals surface area contributed by atoms with Gasteiger partial charge in [0.2, 0.25) is 5.82 Å². The van der Waals surface area contributed by atoms with Gasteiger partial charge in [-0.3, -0.25) is 0 Å². The Morgan fingerprint density at radius 3 is 2.55 bits per heavy atom. The zero-order chi connectivity index (χ0) is 22.6. The Morgan fingerprint density at radius 2 is 1.85 bits per heavy atom. The van der Waals surface area contributed by atoms with Crippen molar-refractivity contribution in [2.75, 3.05) is 38.2 Å². The minimum atomic E-state index is -0.174. The molecule has 1 N–H and O–H groups in total. The van der Waals surface area contributed by atoms with Gasteiger partial charge in [-0.2, -0.15) is 0 Å². The molecule has 0 saturated carbocycles. The molecule has 4 aromatic rings. The number of quaternary nitrogens is 1. The van der Waals surface area contributed by atoms with Crippen molar-refractivity contribution in [1.82, 2.24) is 20.2 Å². The SMILES string of the molecule is COc1ccc([C@@H](c2nnnn2Cc2cccs2)[NH+]2CCN(c3ccccc3F)CC2)cc1. The normalized spacial score (nSPS) is 15.5. The highest BCUT2D eigenvalue weighted by molar-refractivity contribution is 7.09. The monoisotopic (exact) mass is 465 g/mol. The third kappa shape index (κ3) is 4.60. The van der Waals surface area contributed by atoms with Crippen LogP contribution in [0.5, 0.6) is 5.75 Å². The molecule has 33 heavy (non-hydrogen) atoms. The Morgan fingerprint density at radius 1 is 1.06 bits per heavy atom. The van der Waals surface area contributed by atoms with E-state index < -0.39 is 0 Å². The second-order valence-electron chi connectivity index (χ2n) is 8.08. The second-order valence-corrected chi connectivity index (χ2v) is 9.11. The number of thiophene rings is 1. The van der Waals surface area contributed by atoms with Crippen LogP contribution in [0.3, 0.4) is 0 Å². The van der Waals surface area contributed by atoms with Gasteiger partial charge in [-0.25, -0.2) is 9.07 Å². The van der Waals surface area contributed by atoms with Crippen LogP contribution in [0.4, 0.5) is 10.1 Å². The van der Waals surface area contributed by atoms with E-state index in [2.05, 4.69) is 44.0 Å². The summed E-state index contributed by atoms with van der Waals surface area (Å²) in [7, 11) is 1.67. The lowest BCUT2D eigenvalue weighted by atomic mass is 10.0. The number of aromatic nitrogens is 4. The molecule has 170 valence electrons. The molecule has 0 unspecified atom stereocenters. The number of benzene rings is 2. The molecular formula is C24H26FN6OS+. The number of tetrazole rings is 1. The van der Waals surface area contributed by atoms with Gasteiger partial charge in [0.1, 0.15) is 11.6 Å². The van der Waals surface area contributed by atoms with Crippen LogP contribution >= 0.6 is 11.3 Å². The molecule has 1 atom stereocenters. The predicted octanol–water partition coefficient (Wildman–Crippen LogP) is 2.43. The maximum Gasteiger partial charge on any atom is 0.214 e. The highest BCUT2D eigenvalue weighted by Gasteiger charge is 2.34. The molecule has 1 fully saturated rings. The Labute approximate surface area is 196 Å². The zero-order valence-corrected chi connectivity index (χ0v) is 19.2. The number of rotatable bonds is 7. The van der Waals surface area contributed by atoms with Gasteiger partial charge in [0, 0.05) is 10.4 Å². The number of hydrogen-bond donors (Lipinski definition) is 1. The molecule has 0 aliphatic carbocycles. The minimum absolute atomic E-state index is 0.0337.